The van der Waals surface area contributed by atoms with Gasteiger partial charge in [-0.2, -0.15) is 0 Å². The van der Waals surface area contributed by atoms with Gasteiger partial charge in [-0.25, -0.2) is 18.3 Å². The summed E-state index contributed by atoms with van der Waals surface area (Å²) in [5.41, 5.74) is 2.68. The summed E-state index contributed by atoms with van der Waals surface area (Å²) in [5.74, 6) is 0. The molecule has 0 fully saturated rings. The summed E-state index contributed by atoms with van der Waals surface area (Å²) in [6.45, 7) is 8.44. The van der Waals surface area contributed by atoms with E-state index in [-0.39, 0.29) is 34.0 Å². The van der Waals surface area contributed by atoms with Gasteiger partial charge in [-0.1, -0.05) is 38.1 Å². The summed E-state index contributed by atoms with van der Waals surface area (Å²) < 4.78 is 8.96. The molecule has 142 valence electrons. The van der Waals surface area contributed by atoms with E-state index in [0.29, 0.717) is 0 Å². The molecule has 0 unspecified atom stereocenters. The predicted octanol–water partition coefficient (Wildman–Crippen LogP) is -3.21. The molecule has 0 aliphatic rings. The second kappa shape index (κ2) is 11.3. The lowest BCUT2D eigenvalue weighted by atomic mass is 10.1. The Hall–Kier alpha value is -1.40. The molecule has 0 aliphatic carbocycles. The number of aryl methyl sites for hydroxylation is 2. The van der Waals surface area contributed by atoms with Crippen molar-refractivity contribution in [2.24, 2.45) is 0 Å². The molecule has 0 N–H and O–H groups in total. The van der Waals surface area contributed by atoms with E-state index >= 15 is 0 Å². The standard InChI is InChI=1S/C20H28N4.2BrH/c1-3-9-21-11-13-23(17-21)15-19-5-7-20(8-6-19)16-24-14-12-22(18-24)10-4-2;;/h5-8,11-14,17-18H,3-4,9-10,15-16H2,1-2H3;2*1H/q+2;;/p-2. The number of hydrogen-bond acceptors (Lipinski definition) is 0. The van der Waals surface area contributed by atoms with Crippen molar-refractivity contribution in [2.45, 2.75) is 52.9 Å². The van der Waals surface area contributed by atoms with Crippen molar-refractivity contribution in [1.82, 2.24) is 9.13 Å². The first-order valence-electron chi connectivity index (χ1n) is 8.94. The lowest BCUT2D eigenvalue weighted by molar-refractivity contribution is -0.688. The van der Waals surface area contributed by atoms with E-state index in [9.17, 15) is 0 Å². The molecule has 0 aliphatic heterocycles. The highest BCUT2D eigenvalue weighted by Gasteiger charge is 2.06. The number of benzene rings is 1. The topological polar surface area (TPSA) is 17.6 Å². The van der Waals surface area contributed by atoms with Crippen LogP contribution >= 0.6 is 0 Å². The van der Waals surface area contributed by atoms with Crippen LogP contribution in [0.15, 0.2) is 61.7 Å². The molecule has 0 atom stereocenters. The van der Waals surface area contributed by atoms with Crippen LogP contribution in [0.2, 0.25) is 0 Å². The molecule has 0 bridgehead atoms. The van der Waals surface area contributed by atoms with Crippen molar-refractivity contribution >= 4 is 0 Å². The molecular weight excluding hydrogens is 456 g/mol. The Labute approximate surface area is 177 Å². The van der Waals surface area contributed by atoms with Crippen LogP contribution < -0.4 is 43.1 Å². The molecule has 26 heavy (non-hydrogen) atoms. The number of rotatable bonds is 8. The Morgan fingerprint density at radius 1 is 0.692 bits per heavy atom. The Balaban J connectivity index is 0.00000169. The van der Waals surface area contributed by atoms with Crippen molar-refractivity contribution < 1.29 is 43.1 Å². The largest absolute Gasteiger partial charge is 1.00 e. The summed E-state index contributed by atoms with van der Waals surface area (Å²) in [6.07, 6.45) is 15.3. The van der Waals surface area contributed by atoms with Crippen LogP contribution in [0.3, 0.4) is 0 Å². The molecule has 4 nitrogen and oxygen atoms in total. The number of halogens is 2. The smallest absolute Gasteiger partial charge is 0.244 e. The van der Waals surface area contributed by atoms with Gasteiger partial charge in [-0.3, -0.25) is 0 Å². The third kappa shape index (κ3) is 6.40. The van der Waals surface area contributed by atoms with Crippen LogP contribution in [-0.2, 0) is 26.2 Å². The van der Waals surface area contributed by atoms with Gasteiger partial charge in [0.1, 0.15) is 37.9 Å². The molecule has 0 saturated carbocycles. The van der Waals surface area contributed by atoms with Crippen LogP contribution in [0.25, 0.3) is 0 Å². The van der Waals surface area contributed by atoms with E-state index in [1.165, 1.54) is 24.0 Å². The van der Waals surface area contributed by atoms with Gasteiger partial charge in [-0.05, 0) is 24.0 Å². The summed E-state index contributed by atoms with van der Waals surface area (Å²) >= 11 is 0. The van der Waals surface area contributed by atoms with Crippen molar-refractivity contribution in [2.75, 3.05) is 0 Å². The van der Waals surface area contributed by atoms with Crippen molar-refractivity contribution in [1.29, 1.82) is 0 Å². The molecule has 1 aromatic carbocycles. The first kappa shape index (κ1) is 22.6. The Morgan fingerprint density at radius 3 is 1.42 bits per heavy atom. The van der Waals surface area contributed by atoms with Crippen LogP contribution in [0, 0.1) is 0 Å². The van der Waals surface area contributed by atoms with Crippen LogP contribution in [0.1, 0.15) is 37.8 Å². The number of nitrogens with zero attached hydrogens (tertiary/aromatic N) is 4. The summed E-state index contributed by atoms with van der Waals surface area (Å²) in [4.78, 5) is 0. The quantitative estimate of drug-likeness (QED) is 0.300. The number of aromatic nitrogens is 4. The van der Waals surface area contributed by atoms with E-state index in [0.717, 1.165) is 26.2 Å². The average Bonchev–Trinajstić information content (AvgIpc) is 3.20. The maximum atomic E-state index is 2.24. The van der Waals surface area contributed by atoms with Crippen LogP contribution in [0.5, 0.6) is 0 Å². The average molecular weight is 484 g/mol. The van der Waals surface area contributed by atoms with E-state index in [2.05, 4.69) is 93.8 Å². The minimum Gasteiger partial charge on any atom is -1.00 e. The van der Waals surface area contributed by atoms with E-state index < -0.39 is 0 Å². The van der Waals surface area contributed by atoms with Gasteiger partial charge >= 0.3 is 0 Å². The summed E-state index contributed by atoms with van der Waals surface area (Å²) in [5, 5.41) is 0. The highest BCUT2D eigenvalue weighted by molar-refractivity contribution is 5.21. The molecule has 0 amide bonds. The zero-order chi connectivity index (χ0) is 16.8. The fourth-order valence-corrected chi connectivity index (χ4v) is 3.02. The molecule has 2 aromatic heterocycles. The SMILES string of the molecule is CCCn1cc[n+](Cc2ccc(C[n+]3ccn(CCC)c3)cc2)c1.[Br-].[Br-]. The first-order valence-corrected chi connectivity index (χ1v) is 8.94. The fourth-order valence-electron chi connectivity index (χ4n) is 3.02. The third-order valence-electron chi connectivity index (χ3n) is 4.21. The normalized spacial score (nSPS) is 10.2. The summed E-state index contributed by atoms with van der Waals surface area (Å²) in [6, 6.07) is 8.96. The zero-order valence-electron chi connectivity index (χ0n) is 15.6. The highest BCUT2D eigenvalue weighted by Crippen LogP contribution is 2.04. The molecule has 0 saturated heterocycles. The van der Waals surface area contributed by atoms with Crippen LogP contribution in [0.4, 0.5) is 0 Å². The van der Waals surface area contributed by atoms with Crippen molar-refractivity contribution in [3.8, 4) is 0 Å². The highest BCUT2D eigenvalue weighted by atomic mass is 79.9. The molecule has 0 radical (unpaired) electrons. The lowest BCUT2D eigenvalue weighted by Crippen LogP contribution is -3.00. The number of imidazole rings is 2. The molecule has 3 rings (SSSR count). The maximum Gasteiger partial charge on any atom is 0.244 e. The lowest BCUT2D eigenvalue weighted by Gasteiger charge is -2.01. The molecule has 0 spiro atoms. The van der Waals surface area contributed by atoms with Gasteiger partial charge in [0.05, 0.1) is 13.1 Å². The molecule has 3 aromatic rings. The van der Waals surface area contributed by atoms with E-state index in [1.807, 2.05) is 0 Å². The Kier molecular flexibility index (Phi) is 9.88. The first-order chi connectivity index (χ1) is 11.8. The molecule has 2 heterocycles. The predicted molar refractivity (Wildman–Crippen MR) is 94.5 cm³/mol. The van der Waals surface area contributed by atoms with E-state index in [4.69, 9.17) is 0 Å². The van der Waals surface area contributed by atoms with Crippen LogP contribution in [-0.4, -0.2) is 9.13 Å². The Morgan fingerprint density at radius 2 is 1.08 bits per heavy atom. The maximum absolute atomic E-state index is 2.24. The third-order valence-corrected chi connectivity index (χ3v) is 4.21. The molecular formula is C20H28Br2N4. The van der Waals surface area contributed by atoms with Gasteiger partial charge in [0.25, 0.3) is 0 Å². The Bertz CT molecular complexity index is 697. The summed E-state index contributed by atoms with van der Waals surface area (Å²) in [7, 11) is 0. The fraction of sp³-hybridized carbons (Fsp3) is 0.400. The van der Waals surface area contributed by atoms with Crippen molar-refractivity contribution in [3.63, 3.8) is 0 Å². The minimum absolute atomic E-state index is 0. The van der Waals surface area contributed by atoms with E-state index in [1.54, 1.807) is 0 Å². The zero-order valence-corrected chi connectivity index (χ0v) is 18.7. The number of hydrogen-bond donors (Lipinski definition) is 0. The monoisotopic (exact) mass is 482 g/mol. The van der Waals surface area contributed by atoms with Gasteiger partial charge in [-0.15, -0.1) is 0 Å². The second-order valence-corrected chi connectivity index (χ2v) is 6.46. The van der Waals surface area contributed by atoms with Gasteiger partial charge in [0.15, 0.2) is 0 Å². The van der Waals surface area contributed by atoms with Gasteiger partial charge in [0, 0.05) is 0 Å². The van der Waals surface area contributed by atoms with Gasteiger partial charge < -0.3 is 34.0 Å². The van der Waals surface area contributed by atoms with Gasteiger partial charge in [0.2, 0.25) is 12.7 Å². The second-order valence-electron chi connectivity index (χ2n) is 6.46. The van der Waals surface area contributed by atoms with Crippen molar-refractivity contribution in [3.05, 3.63) is 72.8 Å². The molecule has 6 heteroatoms. The minimum atomic E-state index is 0.